The molecule has 5 nitrogen and oxygen atoms in total. The van der Waals surface area contributed by atoms with Crippen LogP contribution in [0.15, 0.2) is 42.9 Å². The lowest BCUT2D eigenvalue weighted by Gasteiger charge is -2.32. The third-order valence-electron chi connectivity index (χ3n) is 5.19. The molecule has 1 aliphatic carbocycles. The Hall–Kier alpha value is -1.56. The molecule has 0 saturated heterocycles. The molecule has 0 bridgehead atoms. The number of halogens is 2. The minimum atomic E-state index is -0.553. The average Bonchev–Trinajstić information content (AvgIpc) is 3.01. The SMILES string of the molecule is CC1CC(C)CC(NC(=O)[C@@H](N)Cc2cn(Cc3ccccc3)cn2)C1.Cl.Cl. The highest BCUT2D eigenvalue weighted by Gasteiger charge is 2.26. The lowest BCUT2D eigenvalue weighted by Crippen LogP contribution is -2.48. The van der Waals surface area contributed by atoms with Gasteiger partial charge in [0.25, 0.3) is 0 Å². The van der Waals surface area contributed by atoms with Crippen LogP contribution in [0.2, 0.25) is 0 Å². The second-order valence-electron chi connectivity index (χ2n) is 7.96. The predicted octanol–water partition coefficient (Wildman–Crippen LogP) is 3.59. The molecular formula is C21H32Cl2N4O. The number of amides is 1. The number of hydrogen-bond donors (Lipinski definition) is 2. The molecule has 1 saturated carbocycles. The van der Waals surface area contributed by atoms with Crippen molar-refractivity contribution in [1.82, 2.24) is 14.9 Å². The molecule has 1 fully saturated rings. The van der Waals surface area contributed by atoms with E-state index in [2.05, 4.69) is 36.3 Å². The van der Waals surface area contributed by atoms with Gasteiger partial charge in [0.1, 0.15) is 0 Å². The summed E-state index contributed by atoms with van der Waals surface area (Å²) in [5.41, 5.74) is 8.21. The number of carbonyl (C=O) groups is 1. The number of aromatic nitrogens is 2. The summed E-state index contributed by atoms with van der Waals surface area (Å²) in [4.78, 5) is 16.9. The van der Waals surface area contributed by atoms with Crippen molar-refractivity contribution in [1.29, 1.82) is 0 Å². The summed E-state index contributed by atoms with van der Waals surface area (Å²) >= 11 is 0. The van der Waals surface area contributed by atoms with Gasteiger partial charge in [-0.15, -0.1) is 24.8 Å². The third kappa shape index (κ3) is 7.12. The van der Waals surface area contributed by atoms with E-state index in [1.54, 1.807) is 6.33 Å². The highest BCUT2D eigenvalue weighted by molar-refractivity contribution is 5.85. The van der Waals surface area contributed by atoms with Crippen LogP contribution in [0.25, 0.3) is 0 Å². The first-order valence-electron chi connectivity index (χ1n) is 9.60. The molecule has 1 amide bonds. The Bertz CT molecular complexity index is 712. The van der Waals surface area contributed by atoms with E-state index < -0.39 is 6.04 Å². The fourth-order valence-electron chi connectivity index (χ4n) is 4.08. The maximum Gasteiger partial charge on any atom is 0.237 e. The zero-order valence-electron chi connectivity index (χ0n) is 16.6. The summed E-state index contributed by atoms with van der Waals surface area (Å²) in [7, 11) is 0. The first kappa shape index (κ1) is 24.5. The number of carbonyl (C=O) groups excluding carboxylic acids is 1. The molecule has 3 rings (SSSR count). The van der Waals surface area contributed by atoms with Crippen molar-refractivity contribution in [2.45, 2.75) is 58.2 Å². The first-order chi connectivity index (χ1) is 12.5. The van der Waals surface area contributed by atoms with E-state index in [1.807, 2.05) is 29.0 Å². The maximum absolute atomic E-state index is 12.5. The second-order valence-corrected chi connectivity index (χ2v) is 7.96. The number of nitrogens with one attached hydrogen (secondary N) is 1. The minimum Gasteiger partial charge on any atom is -0.352 e. The smallest absolute Gasteiger partial charge is 0.237 e. The lowest BCUT2D eigenvalue weighted by molar-refractivity contribution is -0.123. The van der Waals surface area contributed by atoms with Crippen molar-refractivity contribution in [2.75, 3.05) is 0 Å². The molecular weight excluding hydrogens is 395 g/mol. The van der Waals surface area contributed by atoms with Crippen molar-refractivity contribution in [3.8, 4) is 0 Å². The normalized spacial score (nSPS) is 22.5. The number of imidazole rings is 1. The summed E-state index contributed by atoms with van der Waals surface area (Å²) in [6.07, 6.45) is 7.59. The van der Waals surface area contributed by atoms with Gasteiger partial charge in [0, 0.05) is 25.2 Å². The Balaban J connectivity index is 0.00000196. The molecule has 28 heavy (non-hydrogen) atoms. The van der Waals surface area contributed by atoms with Crippen LogP contribution in [-0.2, 0) is 17.8 Å². The number of nitrogens with zero attached hydrogens (tertiary/aromatic N) is 2. The summed E-state index contributed by atoms with van der Waals surface area (Å²) < 4.78 is 2.03. The van der Waals surface area contributed by atoms with Gasteiger partial charge in [-0.05, 0) is 36.7 Å². The van der Waals surface area contributed by atoms with Gasteiger partial charge in [0.15, 0.2) is 0 Å². The fourth-order valence-corrected chi connectivity index (χ4v) is 4.08. The molecule has 2 unspecified atom stereocenters. The van der Waals surface area contributed by atoms with Crippen molar-refractivity contribution < 1.29 is 4.79 Å². The standard InChI is InChI=1S/C21H30N4O.2ClH/c1-15-8-16(2)10-18(9-15)24-21(26)20(22)11-19-13-25(14-23-19)12-17-6-4-3-5-7-17;;/h3-7,13-16,18,20H,8-12,22H2,1-2H3,(H,24,26);2*1H/t15?,16?,18?,20-;;/m0../s1. The monoisotopic (exact) mass is 426 g/mol. The van der Waals surface area contributed by atoms with Gasteiger partial charge in [-0.2, -0.15) is 0 Å². The van der Waals surface area contributed by atoms with Crippen LogP contribution in [0.5, 0.6) is 0 Å². The van der Waals surface area contributed by atoms with E-state index in [4.69, 9.17) is 5.73 Å². The highest BCUT2D eigenvalue weighted by atomic mass is 35.5. The van der Waals surface area contributed by atoms with Crippen LogP contribution in [0.4, 0.5) is 0 Å². The first-order valence-corrected chi connectivity index (χ1v) is 9.60. The maximum atomic E-state index is 12.5. The highest BCUT2D eigenvalue weighted by Crippen LogP contribution is 2.28. The topological polar surface area (TPSA) is 72.9 Å². The van der Waals surface area contributed by atoms with E-state index in [1.165, 1.54) is 12.0 Å². The Morgan fingerprint density at radius 1 is 1.18 bits per heavy atom. The van der Waals surface area contributed by atoms with Crippen molar-refractivity contribution >= 4 is 30.7 Å². The average molecular weight is 427 g/mol. The predicted molar refractivity (Wildman–Crippen MR) is 118 cm³/mol. The van der Waals surface area contributed by atoms with E-state index in [9.17, 15) is 4.79 Å². The fraction of sp³-hybridized carbons (Fsp3) is 0.524. The van der Waals surface area contributed by atoms with Crippen LogP contribution in [0.3, 0.4) is 0 Å². The zero-order chi connectivity index (χ0) is 18.5. The third-order valence-corrected chi connectivity index (χ3v) is 5.19. The minimum absolute atomic E-state index is 0. The molecule has 1 aliphatic rings. The molecule has 3 atom stereocenters. The zero-order valence-corrected chi connectivity index (χ0v) is 18.2. The molecule has 0 spiro atoms. The molecule has 1 aromatic heterocycles. The second kappa shape index (κ2) is 11.4. The molecule has 3 N–H and O–H groups in total. The molecule has 7 heteroatoms. The quantitative estimate of drug-likeness (QED) is 0.740. The van der Waals surface area contributed by atoms with Crippen LogP contribution in [0, 0.1) is 11.8 Å². The number of benzene rings is 1. The number of rotatable bonds is 6. The van der Waals surface area contributed by atoms with E-state index >= 15 is 0 Å². The summed E-state index contributed by atoms with van der Waals surface area (Å²) in [5.74, 6) is 1.26. The van der Waals surface area contributed by atoms with Crippen molar-refractivity contribution in [2.24, 2.45) is 17.6 Å². The van der Waals surface area contributed by atoms with Crippen molar-refractivity contribution in [3.05, 3.63) is 54.1 Å². The molecule has 156 valence electrons. The summed E-state index contributed by atoms with van der Waals surface area (Å²) in [6, 6.07) is 9.94. The van der Waals surface area contributed by atoms with Crippen LogP contribution < -0.4 is 11.1 Å². The van der Waals surface area contributed by atoms with E-state index in [0.717, 1.165) is 25.1 Å². The van der Waals surface area contributed by atoms with Crippen LogP contribution >= 0.6 is 24.8 Å². The molecule has 2 aromatic rings. The molecule has 0 radical (unpaired) electrons. The molecule has 0 aliphatic heterocycles. The number of hydrogen-bond acceptors (Lipinski definition) is 3. The van der Waals surface area contributed by atoms with Gasteiger partial charge < -0.3 is 15.6 Å². The van der Waals surface area contributed by atoms with Gasteiger partial charge in [-0.3, -0.25) is 4.79 Å². The Kier molecular flexibility index (Phi) is 10.0. The van der Waals surface area contributed by atoms with Gasteiger partial charge in [0.05, 0.1) is 18.1 Å². The van der Waals surface area contributed by atoms with Gasteiger partial charge in [-0.1, -0.05) is 44.2 Å². The van der Waals surface area contributed by atoms with Crippen LogP contribution in [-0.4, -0.2) is 27.5 Å². The van der Waals surface area contributed by atoms with Gasteiger partial charge in [-0.25, -0.2) is 4.98 Å². The van der Waals surface area contributed by atoms with Gasteiger partial charge >= 0.3 is 0 Å². The Morgan fingerprint density at radius 2 is 1.82 bits per heavy atom. The molecule has 1 aromatic carbocycles. The van der Waals surface area contributed by atoms with Gasteiger partial charge in [0.2, 0.25) is 5.91 Å². The van der Waals surface area contributed by atoms with Crippen molar-refractivity contribution in [3.63, 3.8) is 0 Å². The Labute approximate surface area is 180 Å². The largest absolute Gasteiger partial charge is 0.352 e. The molecule has 1 heterocycles. The summed E-state index contributed by atoms with van der Waals surface area (Å²) in [6.45, 7) is 5.29. The number of nitrogens with two attached hydrogens (primary N) is 1. The van der Waals surface area contributed by atoms with E-state index in [0.29, 0.717) is 18.3 Å². The Morgan fingerprint density at radius 3 is 2.46 bits per heavy atom. The summed E-state index contributed by atoms with van der Waals surface area (Å²) in [5, 5.41) is 3.15. The lowest BCUT2D eigenvalue weighted by atomic mass is 9.80. The van der Waals surface area contributed by atoms with Crippen LogP contribution in [0.1, 0.15) is 44.4 Å². The van der Waals surface area contributed by atoms with E-state index in [-0.39, 0.29) is 36.8 Å².